The Balaban J connectivity index is 1.66. The van der Waals surface area contributed by atoms with Crippen LogP contribution in [-0.4, -0.2) is 15.8 Å². The quantitative estimate of drug-likeness (QED) is 0.280. The van der Waals surface area contributed by atoms with Gasteiger partial charge in [-0.15, -0.1) is 0 Å². The molecule has 0 saturated heterocycles. The van der Waals surface area contributed by atoms with Gasteiger partial charge in [0.1, 0.15) is 5.82 Å². The third kappa shape index (κ3) is 2.97. The van der Waals surface area contributed by atoms with Crippen LogP contribution in [-0.2, 0) is 5.54 Å². The molecule has 6 nitrogen and oxygen atoms in total. The van der Waals surface area contributed by atoms with Crippen molar-refractivity contribution in [2.45, 2.75) is 25.3 Å². The Morgan fingerprint density at radius 3 is 2.46 bits per heavy atom. The molecule has 4 N–H and O–H groups in total. The topological polar surface area (TPSA) is 88.2 Å². The SMILES string of the molecule is Cc1nccc2ccnc(NC3(c4ccc(/C(N)=N/NP)cc4)CC3)c12. The van der Waals surface area contributed by atoms with E-state index in [1.54, 1.807) is 0 Å². The van der Waals surface area contributed by atoms with Gasteiger partial charge in [-0.05, 0) is 52.2 Å². The van der Waals surface area contributed by atoms with E-state index in [1.807, 2.05) is 43.6 Å². The van der Waals surface area contributed by atoms with Crippen LogP contribution in [0.4, 0.5) is 5.82 Å². The molecule has 2 aromatic heterocycles. The molecule has 0 amide bonds. The molecule has 1 fully saturated rings. The fourth-order valence-electron chi connectivity index (χ4n) is 3.32. The second-order valence-corrected chi connectivity index (χ2v) is 6.82. The van der Waals surface area contributed by atoms with Gasteiger partial charge in [-0.2, -0.15) is 5.10 Å². The van der Waals surface area contributed by atoms with Gasteiger partial charge in [0, 0.05) is 29.0 Å². The minimum absolute atomic E-state index is 0.0765. The lowest BCUT2D eigenvalue weighted by atomic mass is 10.0. The predicted octanol–water partition coefficient (Wildman–Crippen LogP) is 3.04. The first-order chi connectivity index (χ1) is 12.6. The molecule has 1 unspecified atom stereocenters. The summed E-state index contributed by atoms with van der Waals surface area (Å²) in [5.74, 6) is 1.35. The number of hydrazone groups is 1. The van der Waals surface area contributed by atoms with Crippen LogP contribution in [0, 0.1) is 6.92 Å². The lowest BCUT2D eigenvalue weighted by Crippen LogP contribution is -2.21. The van der Waals surface area contributed by atoms with Gasteiger partial charge in [0.2, 0.25) is 0 Å². The number of aryl methyl sites for hydroxylation is 1. The number of anilines is 1. The van der Waals surface area contributed by atoms with Crippen LogP contribution in [0.1, 0.15) is 29.7 Å². The molecular weight excluding hydrogens is 343 g/mol. The van der Waals surface area contributed by atoms with Gasteiger partial charge in [0.25, 0.3) is 0 Å². The number of amidine groups is 1. The van der Waals surface area contributed by atoms with Crippen molar-refractivity contribution in [3.05, 3.63) is 65.6 Å². The third-order valence-electron chi connectivity index (χ3n) is 4.89. The van der Waals surface area contributed by atoms with E-state index in [9.17, 15) is 0 Å². The highest BCUT2D eigenvalue weighted by atomic mass is 31.0. The van der Waals surface area contributed by atoms with Crippen LogP contribution in [0.25, 0.3) is 10.8 Å². The molecule has 0 spiro atoms. The highest BCUT2D eigenvalue weighted by molar-refractivity contribution is 7.13. The van der Waals surface area contributed by atoms with Crippen molar-refractivity contribution in [3.8, 4) is 0 Å². The summed E-state index contributed by atoms with van der Waals surface area (Å²) >= 11 is 0. The normalized spacial score (nSPS) is 15.7. The van der Waals surface area contributed by atoms with E-state index in [0.717, 1.165) is 40.7 Å². The second kappa shape index (κ2) is 6.54. The summed E-state index contributed by atoms with van der Waals surface area (Å²) in [5.41, 5.74) is 8.95. The van der Waals surface area contributed by atoms with Crippen molar-refractivity contribution in [1.29, 1.82) is 0 Å². The van der Waals surface area contributed by atoms with E-state index in [-0.39, 0.29) is 5.54 Å². The highest BCUT2D eigenvalue weighted by Crippen LogP contribution is 2.48. The monoisotopic (exact) mass is 364 g/mol. The smallest absolute Gasteiger partial charge is 0.150 e. The van der Waals surface area contributed by atoms with E-state index in [2.05, 4.69) is 47.1 Å². The first kappa shape index (κ1) is 16.7. The molecule has 0 bridgehead atoms. The summed E-state index contributed by atoms with van der Waals surface area (Å²) in [5, 5.41) is 12.5. The van der Waals surface area contributed by atoms with Crippen LogP contribution in [0.15, 0.2) is 53.9 Å². The average Bonchev–Trinajstić information content (AvgIpc) is 3.43. The van der Waals surface area contributed by atoms with Crippen molar-refractivity contribution < 1.29 is 0 Å². The number of nitrogens with zero attached hydrogens (tertiary/aromatic N) is 3. The highest BCUT2D eigenvalue weighted by Gasteiger charge is 2.45. The standard InChI is InChI=1S/C19H21N6P/c1-12-16-13(6-10-21-12)7-11-22-18(16)23-19(8-9-19)15-4-2-14(3-5-15)17(20)24-25-26/h2-7,10-11,25H,8-9,26H2,1H3,(H2,20,24)(H,22,23). The fourth-order valence-corrected chi connectivity index (χ4v) is 3.46. The number of hydrogen-bond acceptors (Lipinski definition) is 5. The Morgan fingerprint density at radius 1 is 1.12 bits per heavy atom. The zero-order valence-electron chi connectivity index (χ0n) is 14.5. The molecule has 3 aromatic rings. The van der Waals surface area contributed by atoms with Crippen molar-refractivity contribution in [2.24, 2.45) is 10.8 Å². The number of fused-ring (bicyclic) bond motifs is 1. The summed E-state index contributed by atoms with van der Waals surface area (Å²) in [4.78, 5) is 9.01. The van der Waals surface area contributed by atoms with Gasteiger partial charge in [-0.1, -0.05) is 24.3 Å². The molecular formula is C19H21N6P. The zero-order chi connectivity index (χ0) is 18.1. The molecule has 132 valence electrons. The number of nitrogens with one attached hydrogen (secondary N) is 2. The van der Waals surface area contributed by atoms with Crippen molar-refractivity contribution >= 4 is 31.8 Å². The molecule has 1 aliphatic rings. The van der Waals surface area contributed by atoms with Gasteiger partial charge >= 0.3 is 0 Å². The molecule has 4 rings (SSSR count). The van der Waals surface area contributed by atoms with Crippen molar-refractivity contribution in [1.82, 2.24) is 15.2 Å². The minimum atomic E-state index is -0.0765. The van der Waals surface area contributed by atoms with Crippen LogP contribution in [0.5, 0.6) is 0 Å². The molecule has 26 heavy (non-hydrogen) atoms. The molecule has 1 saturated carbocycles. The van der Waals surface area contributed by atoms with Gasteiger partial charge in [-0.25, -0.2) is 4.98 Å². The third-order valence-corrected chi connectivity index (χ3v) is 5.02. The van der Waals surface area contributed by atoms with Gasteiger partial charge < -0.3 is 11.1 Å². The first-order valence-corrected chi connectivity index (χ1v) is 9.09. The molecule has 1 aromatic carbocycles. The van der Waals surface area contributed by atoms with E-state index >= 15 is 0 Å². The number of aromatic nitrogens is 2. The molecule has 0 aliphatic heterocycles. The Hall–Kier alpha value is -2.72. The summed E-state index contributed by atoms with van der Waals surface area (Å²) in [6.45, 7) is 2.02. The predicted molar refractivity (Wildman–Crippen MR) is 109 cm³/mol. The fraction of sp³-hybridized carbons (Fsp3) is 0.211. The number of rotatable bonds is 5. The average molecular weight is 364 g/mol. The van der Waals surface area contributed by atoms with Crippen LogP contribution in [0.3, 0.4) is 0 Å². The van der Waals surface area contributed by atoms with E-state index in [4.69, 9.17) is 5.73 Å². The molecule has 1 aliphatic carbocycles. The summed E-state index contributed by atoms with van der Waals surface area (Å²) < 4.78 is 0. The van der Waals surface area contributed by atoms with Crippen LogP contribution >= 0.6 is 9.39 Å². The maximum absolute atomic E-state index is 5.92. The van der Waals surface area contributed by atoms with Gasteiger partial charge in [0.05, 0.1) is 5.54 Å². The van der Waals surface area contributed by atoms with Crippen LogP contribution < -0.4 is 16.2 Å². The van der Waals surface area contributed by atoms with Crippen LogP contribution in [0.2, 0.25) is 0 Å². The summed E-state index contributed by atoms with van der Waals surface area (Å²) in [6.07, 6.45) is 5.82. The Labute approximate surface area is 154 Å². The maximum atomic E-state index is 5.92. The van der Waals surface area contributed by atoms with E-state index in [1.165, 1.54) is 5.56 Å². The first-order valence-electron chi connectivity index (χ1n) is 8.51. The lowest BCUT2D eigenvalue weighted by Gasteiger charge is -2.20. The largest absolute Gasteiger partial charge is 0.382 e. The van der Waals surface area contributed by atoms with E-state index in [0.29, 0.717) is 5.84 Å². The van der Waals surface area contributed by atoms with Gasteiger partial charge in [0.15, 0.2) is 5.84 Å². The summed E-state index contributed by atoms with van der Waals surface area (Å²) in [6, 6.07) is 12.3. The summed E-state index contributed by atoms with van der Waals surface area (Å²) in [7, 11) is 2.31. The lowest BCUT2D eigenvalue weighted by molar-refractivity contribution is 0.802. The Kier molecular flexibility index (Phi) is 4.21. The molecule has 7 heteroatoms. The van der Waals surface area contributed by atoms with E-state index < -0.39 is 0 Å². The molecule has 1 atom stereocenters. The molecule has 0 radical (unpaired) electrons. The van der Waals surface area contributed by atoms with Crippen molar-refractivity contribution in [2.75, 3.05) is 5.32 Å². The minimum Gasteiger partial charge on any atom is -0.382 e. The zero-order valence-corrected chi connectivity index (χ0v) is 15.7. The maximum Gasteiger partial charge on any atom is 0.150 e. The number of nitrogens with two attached hydrogens (primary N) is 1. The molecule has 2 heterocycles. The number of hydrogen-bond donors (Lipinski definition) is 3. The Morgan fingerprint density at radius 2 is 1.81 bits per heavy atom. The number of benzene rings is 1. The number of pyridine rings is 2. The van der Waals surface area contributed by atoms with Gasteiger partial charge in [-0.3, -0.25) is 10.2 Å². The van der Waals surface area contributed by atoms with Crippen molar-refractivity contribution in [3.63, 3.8) is 0 Å². The second-order valence-electron chi connectivity index (χ2n) is 6.56. The Bertz CT molecular complexity index is 974.